The molecule has 6 rings (SSSR count). The highest BCUT2D eigenvalue weighted by Gasteiger charge is 2.29. The van der Waals surface area contributed by atoms with E-state index in [1.807, 2.05) is 0 Å². The van der Waals surface area contributed by atoms with Gasteiger partial charge in [-0.15, -0.1) is 0 Å². The molecule has 3 aromatic carbocycles. The molecule has 0 fully saturated rings. The van der Waals surface area contributed by atoms with Crippen molar-refractivity contribution in [2.24, 2.45) is 0 Å². The Morgan fingerprint density at radius 2 is 1.52 bits per heavy atom. The molecule has 0 spiro atoms. The number of hydrogen-bond donors (Lipinski definition) is 4. The first-order chi connectivity index (χ1) is 19.0. The third kappa shape index (κ3) is 4.46. The lowest BCUT2D eigenvalue weighted by molar-refractivity contribution is 0.104. The van der Waals surface area contributed by atoms with Gasteiger partial charge < -0.3 is 15.6 Å². The highest BCUT2D eigenvalue weighted by molar-refractivity contribution is 7.86. The molecule has 200 valence electrons. The molecule has 2 heterocycles. The lowest BCUT2D eigenvalue weighted by Crippen LogP contribution is -2.16. The fraction of sp³-hybridized carbons (Fsp3) is 0.0385. The van der Waals surface area contributed by atoms with Crippen LogP contribution in [0, 0.1) is 6.92 Å². The molecule has 0 radical (unpaired) electrons. The summed E-state index contributed by atoms with van der Waals surface area (Å²) in [5.74, 6) is -0.408. The number of fused-ring (bicyclic) bond motifs is 2. The van der Waals surface area contributed by atoms with Gasteiger partial charge in [0.15, 0.2) is 5.78 Å². The summed E-state index contributed by atoms with van der Waals surface area (Å²) in [4.78, 5) is 39.9. The first kappa shape index (κ1) is 25.9. The average Bonchev–Trinajstić information content (AvgIpc) is 2.88. The van der Waals surface area contributed by atoms with Gasteiger partial charge in [-0.05, 0) is 71.1 Å². The topological polar surface area (TPSA) is 167 Å². The van der Waals surface area contributed by atoms with E-state index < -0.39 is 15.0 Å². The maximum absolute atomic E-state index is 13.7. The molecule has 0 saturated heterocycles. The molecule has 40 heavy (non-hydrogen) atoms. The largest absolute Gasteiger partial charge is 0.355 e. The van der Waals surface area contributed by atoms with Crippen molar-refractivity contribution in [1.82, 2.24) is 19.9 Å². The van der Waals surface area contributed by atoms with Crippen LogP contribution >= 0.6 is 23.2 Å². The van der Waals surface area contributed by atoms with Crippen molar-refractivity contribution in [2.45, 2.75) is 11.8 Å². The van der Waals surface area contributed by atoms with Gasteiger partial charge in [-0.3, -0.25) is 14.1 Å². The second-order valence-electron chi connectivity index (χ2n) is 8.92. The van der Waals surface area contributed by atoms with Crippen LogP contribution in [0.2, 0.25) is 10.6 Å². The van der Waals surface area contributed by atoms with E-state index in [1.54, 1.807) is 43.3 Å². The molecule has 1 aliphatic carbocycles. The van der Waals surface area contributed by atoms with Gasteiger partial charge in [0.1, 0.15) is 4.90 Å². The fourth-order valence-corrected chi connectivity index (χ4v) is 5.81. The quantitative estimate of drug-likeness (QED) is 0.193. The van der Waals surface area contributed by atoms with Gasteiger partial charge in [0.05, 0.1) is 16.9 Å². The normalized spacial score (nSPS) is 12.3. The van der Waals surface area contributed by atoms with Crippen LogP contribution in [0.5, 0.6) is 0 Å². The fourth-order valence-electron chi connectivity index (χ4n) is 4.74. The van der Waals surface area contributed by atoms with Gasteiger partial charge in [-0.1, -0.05) is 24.3 Å². The van der Waals surface area contributed by atoms with Crippen LogP contribution in [0.4, 0.5) is 23.0 Å². The Labute approximate surface area is 236 Å². The van der Waals surface area contributed by atoms with Crippen molar-refractivity contribution in [2.75, 3.05) is 10.6 Å². The average molecular weight is 595 g/mol. The molecule has 2 aromatic heterocycles. The SMILES string of the molecule is Cc1cc(S(=O)(=O)O)c(Nc2nc(Cl)nc(Cl)n2)cc1Nc1ccc2[nH]c(=O)cc3c2c1C(=O)c1ccccc1-3. The van der Waals surface area contributed by atoms with E-state index in [1.165, 1.54) is 18.2 Å². The summed E-state index contributed by atoms with van der Waals surface area (Å²) < 4.78 is 34.3. The molecule has 14 heteroatoms. The lowest BCUT2D eigenvalue weighted by Gasteiger charge is -2.23. The number of carbonyl (C=O) groups is 1. The number of rotatable bonds is 5. The van der Waals surface area contributed by atoms with Crippen LogP contribution in [-0.4, -0.2) is 38.7 Å². The standard InChI is InChI=1S/C26H16Cl2N6O5S/c1-11-8-19(40(37,38)39)18(31-26-33-24(27)32-25(28)34-26)10-17(11)29-16-7-6-15-21-14(9-20(35)30-15)12-4-2-3-5-13(12)23(36)22(16)21/h2-10,29H,1H3,(H,30,35)(H,37,38,39)(H,31,32,33,34). The number of benzene rings is 3. The minimum atomic E-state index is -4.69. The van der Waals surface area contributed by atoms with E-state index in [4.69, 9.17) is 23.2 Å². The van der Waals surface area contributed by atoms with E-state index in [2.05, 4.69) is 30.6 Å². The van der Waals surface area contributed by atoms with Crippen molar-refractivity contribution in [1.29, 1.82) is 0 Å². The molecule has 0 saturated carbocycles. The molecule has 4 N–H and O–H groups in total. The summed E-state index contributed by atoms with van der Waals surface area (Å²) in [5.41, 5.74) is 3.41. The Bertz CT molecular complexity index is 2060. The minimum absolute atomic E-state index is 0.0925. The monoisotopic (exact) mass is 594 g/mol. The highest BCUT2D eigenvalue weighted by atomic mass is 35.5. The second-order valence-corrected chi connectivity index (χ2v) is 11.0. The van der Waals surface area contributed by atoms with Crippen LogP contribution in [-0.2, 0) is 10.1 Å². The Morgan fingerprint density at radius 3 is 2.23 bits per heavy atom. The minimum Gasteiger partial charge on any atom is -0.355 e. The highest BCUT2D eigenvalue weighted by Crippen LogP contribution is 2.42. The number of pyridine rings is 1. The Hall–Kier alpha value is -4.36. The molecule has 11 nitrogen and oxygen atoms in total. The molecule has 0 aliphatic heterocycles. The summed E-state index contributed by atoms with van der Waals surface area (Å²) in [6.45, 7) is 1.63. The van der Waals surface area contributed by atoms with Crippen LogP contribution in [0.1, 0.15) is 21.5 Å². The van der Waals surface area contributed by atoms with E-state index >= 15 is 0 Å². The maximum Gasteiger partial charge on any atom is 0.296 e. The summed E-state index contributed by atoms with van der Waals surface area (Å²) >= 11 is 11.7. The third-order valence-corrected chi connectivity index (χ3v) is 7.63. The van der Waals surface area contributed by atoms with E-state index in [0.717, 1.165) is 0 Å². The van der Waals surface area contributed by atoms with Gasteiger partial charge in [0.25, 0.3) is 10.1 Å². The van der Waals surface area contributed by atoms with Crippen LogP contribution in [0.3, 0.4) is 0 Å². The second kappa shape index (κ2) is 9.38. The molecule has 0 amide bonds. The van der Waals surface area contributed by atoms with Crippen molar-refractivity contribution >= 4 is 73.0 Å². The molecular formula is C26H16Cl2N6O5S. The molecule has 5 aromatic rings. The zero-order valence-electron chi connectivity index (χ0n) is 20.3. The Balaban J connectivity index is 1.52. The molecular weight excluding hydrogens is 579 g/mol. The number of nitrogens with zero attached hydrogens (tertiary/aromatic N) is 3. The van der Waals surface area contributed by atoms with Crippen molar-refractivity contribution in [3.63, 3.8) is 0 Å². The van der Waals surface area contributed by atoms with Crippen molar-refractivity contribution in [3.8, 4) is 11.1 Å². The van der Waals surface area contributed by atoms with Gasteiger partial charge in [0.2, 0.25) is 22.1 Å². The lowest BCUT2D eigenvalue weighted by atomic mass is 9.83. The van der Waals surface area contributed by atoms with Crippen LogP contribution in [0.15, 0.2) is 64.3 Å². The van der Waals surface area contributed by atoms with E-state index in [0.29, 0.717) is 50.1 Å². The predicted octanol–water partition coefficient (Wildman–Crippen LogP) is 5.27. The van der Waals surface area contributed by atoms with Crippen molar-refractivity contribution < 1.29 is 17.8 Å². The zero-order valence-corrected chi connectivity index (χ0v) is 22.6. The Kier molecular flexibility index (Phi) is 6.07. The first-order valence-electron chi connectivity index (χ1n) is 11.6. The number of anilines is 4. The van der Waals surface area contributed by atoms with Gasteiger partial charge >= 0.3 is 0 Å². The molecule has 0 unspecified atom stereocenters. The summed E-state index contributed by atoms with van der Waals surface area (Å²) in [6, 6.07) is 14.5. The number of halogens is 2. The van der Waals surface area contributed by atoms with Crippen molar-refractivity contribution in [3.05, 3.63) is 92.2 Å². The smallest absolute Gasteiger partial charge is 0.296 e. The number of aromatic nitrogens is 4. The van der Waals surface area contributed by atoms with E-state index in [-0.39, 0.29) is 33.5 Å². The number of hydrogen-bond acceptors (Lipinski definition) is 9. The van der Waals surface area contributed by atoms with Crippen LogP contribution in [0.25, 0.3) is 22.0 Å². The number of nitrogens with one attached hydrogen (secondary N) is 3. The summed E-state index contributed by atoms with van der Waals surface area (Å²) in [7, 11) is -4.69. The summed E-state index contributed by atoms with van der Waals surface area (Å²) in [6.07, 6.45) is 0. The Morgan fingerprint density at radius 1 is 0.825 bits per heavy atom. The zero-order chi connectivity index (χ0) is 28.3. The first-order valence-corrected chi connectivity index (χ1v) is 13.8. The molecule has 0 atom stereocenters. The maximum atomic E-state index is 13.7. The van der Waals surface area contributed by atoms with Crippen LogP contribution < -0.4 is 16.2 Å². The molecule has 0 bridgehead atoms. The number of carbonyl (C=O) groups excluding carboxylic acids is 1. The van der Waals surface area contributed by atoms with Gasteiger partial charge in [-0.25, -0.2) is 0 Å². The van der Waals surface area contributed by atoms with Gasteiger partial charge in [-0.2, -0.15) is 23.4 Å². The summed E-state index contributed by atoms with van der Waals surface area (Å²) in [5, 5.41) is 6.03. The third-order valence-electron chi connectivity index (χ3n) is 6.40. The predicted molar refractivity (Wildman–Crippen MR) is 151 cm³/mol. The number of H-pyrrole nitrogens is 1. The van der Waals surface area contributed by atoms with E-state index in [9.17, 15) is 22.6 Å². The number of ketones is 1. The number of aryl methyl sites for hydroxylation is 1. The molecule has 1 aliphatic rings. The van der Waals surface area contributed by atoms with Gasteiger partial charge in [0, 0.05) is 28.2 Å². The number of aromatic amines is 1.